The van der Waals surface area contributed by atoms with Gasteiger partial charge in [-0.2, -0.15) is 0 Å². The molecule has 0 radical (unpaired) electrons. The Morgan fingerprint density at radius 1 is 1.30 bits per heavy atom. The molecule has 0 aliphatic heterocycles. The molecule has 2 aromatic rings. The van der Waals surface area contributed by atoms with E-state index in [2.05, 4.69) is 22.3 Å². The van der Waals surface area contributed by atoms with Crippen LogP contribution in [0.25, 0.3) is 0 Å². The number of hydrogen-bond acceptors (Lipinski definition) is 6. The lowest BCUT2D eigenvalue weighted by atomic mass is 9.92. The standard InChI is InChI=1S/C22H27N3O4S/c1-22(2,3)12-11-16-13-17(20(30-16)21(27)28)23-14-5-7-15(8-6-14)29-18-9-10-19(26)25(4)24-18/h9-10,13-15,23H,5-8H2,1-4H3,(H,27,28). The fraction of sp³-hybridized carbons (Fsp3) is 0.500. The highest BCUT2D eigenvalue weighted by molar-refractivity contribution is 7.15. The third kappa shape index (κ3) is 5.86. The van der Waals surface area contributed by atoms with Crippen molar-refractivity contribution in [1.82, 2.24) is 9.78 Å². The van der Waals surface area contributed by atoms with E-state index < -0.39 is 5.97 Å². The van der Waals surface area contributed by atoms with Crippen molar-refractivity contribution >= 4 is 23.0 Å². The van der Waals surface area contributed by atoms with Crippen LogP contribution in [0, 0.1) is 17.3 Å². The summed E-state index contributed by atoms with van der Waals surface area (Å²) >= 11 is 1.21. The number of thiophene rings is 1. The molecule has 7 nitrogen and oxygen atoms in total. The predicted molar refractivity (Wildman–Crippen MR) is 117 cm³/mol. The smallest absolute Gasteiger partial charge is 0.348 e. The molecule has 1 aliphatic rings. The van der Waals surface area contributed by atoms with E-state index in [9.17, 15) is 14.7 Å². The lowest BCUT2D eigenvalue weighted by molar-refractivity contribution is 0.0703. The van der Waals surface area contributed by atoms with Gasteiger partial charge in [0.25, 0.3) is 5.56 Å². The summed E-state index contributed by atoms with van der Waals surface area (Å²) < 4.78 is 7.17. The number of ether oxygens (including phenoxy) is 1. The fourth-order valence-corrected chi connectivity index (χ4v) is 4.04. The Morgan fingerprint density at radius 2 is 2.00 bits per heavy atom. The minimum absolute atomic E-state index is 0.0303. The van der Waals surface area contributed by atoms with Gasteiger partial charge in [0, 0.05) is 30.6 Å². The van der Waals surface area contributed by atoms with Crippen molar-refractivity contribution in [3.8, 4) is 17.7 Å². The van der Waals surface area contributed by atoms with Crippen LogP contribution in [0.5, 0.6) is 5.88 Å². The van der Waals surface area contributed by atoms with Gasteiger partial charge in [-0.25, -0.2) is 9.48 Å². The Morgan fingerprint density at radius 3 is 2.60 bits per heavy atom. The van der Waals surface area contributed by atoms with Crippen LogP contribution in [0.1, 0.15) is 61.0 Å². The van der Waals surface area contributed by atoms with Crippen molar-refractivity contribution in [3.05, 3.63) is 38.3 Å². The molecule has 1 fully saturated rings. The number of carboxylic acids is 1. The number of carboxylic acid groups (broad SMARTS) is 1. The highest BCUT2D eigenvalue weighted by Gasteiger charge is 2.25. The Labute approximate surface area is 180 Å². The van der Waals surface area contributed by atoms with E-state index in [0.717, 1.165) is 30.6 Å². The molecule has 0 aromatic carbocycles. The lowest BCUT2D eigenvalue weighted by Gasteiger charge is -2.29. The number of aryl methyl sites for hydroxylation is 1. The van der Waals surface area contributed by atoms with Gasteiger partial charge in [-0.1, -0.05) is 11.8 Å². The van der Waals surface area contributed by atoms with E-state index >= 15 is 0 Å². The molecule has 2 N–H and O–H groups in total. The fourth-order valence-electron chi connectivity index (χ4n) is 3.23. The number of anilines is 1. The van der Waals surface area contributed by atoms with Crippen molar-refractivity contribution in [2.75, 3.05) is 5.32 Å². The molecular formula is C22H27N3O4S. The summed E-state index contributed by atoms with van der Waals surface area (Å²) in [5.41, 5.74) is 0.320. The summed E-state index contributed by atoms with van der Waals surface area (Å²) in [5.74, 6) is 5.75. The zero-order valence-electron chi connectivity index (χ0n) is 17.7. The molecular weight excluding hydrogens is 402 g/mol. The first-order valence-electron chi connectivity index (χ1n) is 9.98. The molecule has 0 unspecified atom stereocenters. The van der Waals surface area contributed by atoms with E-state index in [0.29, 0.717) is 16.4 Å². The first-order chi connectivity index (χ1) is 14.1. The van der Waals surface area contributed by atoms with Gasteiger partial charge in [0.1, 0.15) is 11.0 Å². The molecule has 160 valence electrons. The van der Waals surface area contributed by atoms with Gasteiger partial charge in [-0.15, -0.1) is 16.4 Å². The third-order valence-corrected chi connectivity index (χ3v) is 5.78. The van der Waals surface area contributed by atoms with E-state index in [1.54, 1.807) is 13.1 Å². The van der Waals surface area contributed by atoms with Gasteiger partial charge in [-0.05, 0) is 52.5 Å². The van der Waals surface area contributed by atoms with Gasteiger partial charge in [0.2, 0.25) is 5.88 Å². The van der Waals surface area contributed by atoms with Crippen LogP contribution in [0.15, 0.2) is 23.0 Å². The van der Waals surface area contributed by atoms with Crippen LogP contribution in [0.3, 0.4) is 0 Å². The molecule has 2 aromatic heterocycles. The quantitative estimate of drug-likeness (QED) is 0.704. The first-order valence-corrected chi connectivity index (χ1v) is 10.8. The zero-order valence-corrected chi connectivity index (χ0v) is 18.5. The number of aromatic nitrogens is 2. The molecule has 0 saturated heterocycles. The normalized spacial score (nSPS) is 18.9. The van der Waals surface area contributed by atoms with Gasteiger partial charge in [-0.3, -0.25) is 4.79 Å². The van der Waals surface area contributed by atoms with Gasteiger partial charge in [0.05, 0.1) is 10.6 Å². The Kier molecular flexibility index (Phi) is 6.52. The molecule has 8 heteroatoms. The first kappa shape index (κ1) is 21.9. The number of carbonyl (C=O) groups is 1. The minimum atomic E-state index is -0.941. The number of nitrogens with one attached hydrogen (secondary N) is 1. The summed E-state index contributed by atoms with van der Waals surface area (Å²) in [6.45, 7) is 6.07. The Balaban J connectivity index is 1.61. The average molecular weight is 430 g/mol. The van der Waals surface area contributed by atoms with Crippen LogP contribution in [-0.4, -0.2) is 33.0 Å². The molecule has 0 bridgehead atoms. The van der Waals surface area contributed by atoms with Crippen molar-refractivity contribution in [1.29, 1.82) is 0 Å². The third-order valence-electron chi connectivity index (χ3n) is 4.74. The van der Waals surface area contributed by atoms with Crippen LogP contribution < -0.4 is 15.6 Å². The largest absolute Gasteiger partial charge is 0.477 e. The molecule has 2 heterocycles. The van der Waals surface area contributed by atoms with Crippen molar-refractivity contribution in [2.24, 2.45) is 12.5 Å². The van der Waals surface area contributed by atoms with Crippen LogP contribution in [0.2, 0.25) is 0 Å². The predicted octanol–water partition coefficient (Wildman–Crippen LogP) is 3.74. The maximum atomic E-state index is 11.7. The summed E-state index contributed by atoms with van der Waals surface area (Å²) in [5, 5.41) is 17.1. The topological polar surface area (TPSA) is 93.4 Å². The van der Waals surface area contributed by atoms with Gasteiger partial charge >= 0.3 is 5.97 Å². The second-order valence-electron chi connectivity index (χ2n) is 8.53. The summed E-state index contributed by atoms with van der Waals surface area (Å²) in [7, 11) is 1.59. The minimum Gasteiger partial charge on any atom is -0.477 e. The molecule has 30 heavy (non-hydrogen) atoms. The highest BCUT2D eigenvalue weighted by Crippen LogP contribution is 2.31. The van der Waals surface area contributed by atoms with Crippen molar-refractivity contribution in [3.63, 3.8) is 0 Å². The summed E-state index contributed by atoms with van der Waals surface area (Å²) in [4.78, 5) is 24.1. The van der Waals surface area contributed by atoms with Gasteiger partial charge < -0.3 is 15.2 Å². The summed E-state index contributed by atoms with van der Waals surface area (Å²) in [6, 6.07) is 5.05. The zero-order chi connectivity index (χ0) is 21.9. The second-order valence-corrected chi connectivity index (χ2v) is 9.58. The van der Waals surface area contributed by atoms with Gasteiger partial charge in [0.15, 0.2) is 0 Å². The lowest BCUT2D eigenvalue weighted by Crippen LogP contribution is -2.32. The van der Waals surface area contributed by atoms with Crippen molar-refractivity contribution < 1.29 is 14.6 Å². The maximum absolute atomic E-state index is 11.7. The van der Waals surface area contributed by atoms with E-state index in [1.165, 1.54) is 22.1 Å². The summed E-state index contributed by atoms with van der Waals surface area (Å²) in [6.07, 6.45) is 3.39. The van der Waals surface area contributed by atoms with Crippen LogP contribution in [0.4, 0.5) is 5.69 Å². The molecule has 1 saturated carbocycles. The van der Waals surface area contributed by atoms with Crippen LogP contribution >= 0.6 is 11.3 Å². The monoisotopic (exact) mass is 429 g/mol. The highest BCUT2D eigenvalue weighted by atomic mass is 32.1. The number of hydrogen-bond donors (Lipinski definition) is 2. The Bertz CT molecular complexity index is 1030. The molecule has 0 amide bonds. The number of nitrogens with zero attached hydrogens (tertiary/aromatic N) is 2. The molecule has 0 atom stereocenters. The molecule has 1 aliphatic carbocycles. The maximum Gasteiger partial charge on any atom is 0.348 e. The number of rotatable bonds is 5. The van der Waals surface area contributed by atoms with Crippen LogP contribution in [-0.2, 0) is 7.05 Å². The SMILES string of the molecule is Cn1nc(OC2CCC(Nc3cc(C#CC(C)(C)C)sc3C(=O)O)CC2)ccc1=O. The van der Waals surface area contributed by atoms with Crippen molar-refractivity contribution in [2.45, 2.75) is 58.6 Å². The number of aromatic carboxylic acids is 1. The molecule has 0 spiro atoms. The second kappa shape index (κ2) is 8.92. The van der Waals surface area contributed by atoms with E-state index in [1.807, 2.05) is 26.8 Å². The molecule has 3 rings (SSSR count). The van der Waals surface area contributed by atoms with E-state index in [4.69, 9.17) is 4.74 Å². The Hall–Kier alpha value is -2.79. The average Bonchev–Trinajstić information content (AvgIpc) is 3.07. The van der Waals surface area contributed by atoms with E-state index in [-0.39, 0.29) is 23.1 Å².